The minimum atomic E-state index is 0.0818. The fourth-order valence-corrected chi connectivity index (χ4v) is 3.66. The van der Waals surface area contributed by atoms with Crippen LogP contribution in [0.25, 0.3) is 0 Å². The van der Waals surface area contributed by atoms with Gasteiger partial charge in [-0.3, -0.25) is 4.79 Å². The first kappa shape index (κ1) is 15.8. The van der Waals surface area contributed by atoms with Crippen LogP contribution in [-0.4, -0.2) is 27.7 Å². The second kappa shape index (κ2) is 6.58. The van der Waals surface area contributed by atoms with Crippen LogP contribution in [0.1, 0.15) is 24.6 Å². The molecule has 2 N–H and O–H groups in total. The average Bonchev–Trinajstić information content (AvgIpc) is 2.51. The molecule has 3 rings (SSSR count). The van der Waals surface area contributed by atoms with E-state index in [-0.39, 0.29) is 11.9 Å². The third-order valence-corrected chi connectivity index (χ3v) is 4.80. The number of amides is 1. The van der Waals surface area contributed by atoms with E-state index in [9.17, 15) is 4.79 Å². The topological polar surface area (TPSA) is 72.1 Å². The van der Waals surface area contributed by atoms with E-state index in [2.05, 4.69) is 23.0 Å². The summed E-state index contributed by atoms with van der Waals surface area (Å²) in [6.07, 6.45) is 2.01. The standard InChI is InChI=1S/C17H20N4OS/c1-11-9-15(18)20-17(19-11)23-10-16(22)21-12(2)7-8-13-5-3-4-6-14(13)21/h3-6,9,12H,7-8,10H2,1-2H3,(H2,18,19,20)/t12-/m0/s1. The largest absolute Gasteiger partial charge is 0.384 e. The van der Waals surface area contributed by atoms with Crippen LogP contribution in [0.4, 0.5) is 11.5 Å². The van der Waals surface area contributed by atoms with Crippen LogP contribution >= 0.6 is 11.8 Å². The lowest BCUT2D eigenvalue weighted by Gasteiger charge is -2.35. The molecule has 120 valence electrons. The van der Waals surface area contributed by atoms with E-state index in [0.717, 1.165) is 24.2 Å². The number of carbonyl (C=O) groups excluding carboxylic acids is 1. The van der Waals surface area contributed by atoms with E-state index in [1.54, 1.807) is 6.07 Å². The lowest BCUT2D eigenvalue weighted by atomic mass is 9.97. The predicted octanol–water partition coefficient (Wildman–Crippen LogP) is 2.83. The number of anilines is 2. The quantitative estimate of drug-likeness (QED) is 0.693. The summed E-state index contributed by atoms with van der Waals surface area (Å²) in [7, 11) is 0. The number of fused-ring (bicyclic) bond motifs is 1. The first-order valence-electron chi connectivity index (χ1n) is 7.68. The van der Waals surface area contributed by atoms with E-state index in [1.165, 1.54) is 17.3 Å². The van der Waals surface area contributed by atoms with Crippen molar-refractivity contribution in [1.82, 2.24) is 9.97 Å². The summed E-state index contributed by atoms with van der Waals surface area (Å²) in [5, 5.41) is 0.550. The van der Waals surface area contributed by atoms with Crippen molar-refractivity contribution in [2.24, 2.45) is 0 Å². The number of aromatic nitrogens is 2. The Labute approximate surface area is 140 Å². The number of rotatable bonds is 3. The van der Waals surface area contributed by atoms with Crippen molar-refractivity contribution in [3.8, 4) is 0 Å². The molecule has 1 atom stereocenters. The number of hydrogen-bond acceptors (Lipinski definition) is 5. The molecule has 0 fully saturated rings. The Balaban J connectivity index is 1.75. The van der Waals surface area contributed by atoms with Gasteiger partial charge in [-0.05, 0) is 38.3 Å². The van der Waals surface area contributed by atoms with Gasteiger partial charge in [0.2, 0.25) is 5.91 Å². The van der Waals surface area contributed by atoms with Gasteiger partial charge >= 0.3 is 0 Å². The van der Waals surface area contributed by atoms with Crippen LogP contribution < -0.4 is 10.6 Å². The highest BCUT2D eigenvalue weighted by atomic mass is 32.2. The zero-order valence-corrected chi connectivity index (χ0v) is 14.1. The zero-order chi connectivity index (χ0) is 16.4. The molecule has 0 aliphatic carbocycles. The fourth-order valence-electron chi connectivity index (χ4n) is 2.89. The number of thioether (sulfide) groups is 1. The highest BCUT2D eigenvalue weighted by Gasteiger charge is 2.27. The Kier molecular flexibility index (Phi) is 4.52. The van der Waals surface area contributed by atoms with E-state index >= 15 is 0 Å². The predicted molar refractivity (Wildman–Crippen MR) is 93.6 cm³/mol. The molecule has 6 heteroatoms. The Bertz CT molecular complexity index is 714. The molecule has 0 bridgehead atoms. The molecule has 1 aliphatic rings. The summed E-state index contributed by atoms with van der Waals surface area (Å²) in [6.45, 7) is 3.96. The van der Waals surface area contributed by atoms with Crippen molar-refractivity contribution in [2.75, 3.05) is 16.4 Å². The van der Waals surface area contributed by atoms with Gasteiger partial charge in [0.05, 0.1) is 5.75 Å². The molecule has 0 saturated carbocycles. The fraction of sp³-hybridized carbons (Fsp3) is 0.353. The second-order valence-corrected chi connectivity index (χ2v) is 6.73. The Morgan fingerprint density at radius 1 is 1.39 bits per heavy atom. The number of carbonyl (C=O) groups is 1. The molecular formula is C17H20N4OS. The van der Waals surface area contributed by atoms with Gasteiger partial charge in [-0.2, -0.15) is 0 Å². The normalized spacial score (nSPS) is 17.0. The van der Waals surface area contributed by atoms with Crippen LogP contribution in [0.3, 0.4) is 0 Å². The maximum absolute atomic E-state index is 12.7. The third-order valence-electron chi connectivity index (χ3n) is 3.97. The molecule has 1 aromatic carbocycles. The lowest BCUT2D eigenvalue weighted by Crippen LogP contribution is -2.43. The van der Waals surface area contributed by atoms with Crippen molar-refractivity contribution < 1.29 is 4.79 Å². The van der Waals surface area contributed by atoms with Crippen LogP contribution in [0.15, 0.2) is 35.5 Å². The second-order valence-electron chi connectivity index (χ2n) is 5.79. The van der Waals surface area contributed by atoms with Crippen molar-refractivity contribution in [3.63, 3.8) is 0 Å². The van der Waals surface area contributed by atoms with Gasteiger partial charge in [-0.25, -0.2) is 9.97 Å². The summed E-state index contributed by atoms with van der Waals surface area (Å²) >= 11 is 1.33. The van der Waals surface area contributed by atoms with Crippen LogP contribution in [-0.2, 0) is 11.2 Å². The Morgan fingerprint density at radius 2 is 2.17 bits per heavy atom. The van der Waals surface area contributed by atoms with Crippen molar-refractivity contribution in [1.29, 1.82) is 0 Å². The molecule has 2 aromatic rings. The van der Waals surface area contributed by atoms with Crippen LogP contribution in [0, 0.1) is 6.92 Å². The molecule has 0 saturated heterocycles. The molecule has 1 aliphatic heterocycles. The molecule has 5 nitrogen and oxygen atoms in total. The molecule has 0 radical (unpaired) electrons. The van der Waals surface area contributed by atoms with Gasteiger partial charge < -0.3 is 10.6 Å². The van der Waals surface area contributed by atoms with E-state index in [1.807, 2.05) is 30.0 Å². The van der Waals surface area contributed by atoms with Crippen LogP contribution in [0.5, 0.6) is 0 Å². The van der Waals surface area contributed by atoms with E-state index in [4.69, 9.17) is 5.73 Å². The molecule has 0 spiro atoms. The monoisotopic (exact) mass is 328 g/mol. The summed E-state index contributed by atoms with van der Waals surface area (Å²) in [6, 6.07) is 10.0. The van der Waals surface area contributed by atoms with Gasteiger partial charge in [0.1, 0.15) is 5.82 Å². The van der Waals surface area contributed by atoms with Crippen molar-refractivity contribution in [3.05, 3.63) is 41.6 Å². The van der Waals surface area contributed by atoms with E-state index in [0.29, 0.717) is 16.7 Å². The van der Waals surface area contributed by atoms with Gasteiger partial charge in [0.15, 0.2) is 5.16 Å². The van der Waals surface area contributed by atoms with Gasteiger partial charge in [0.25, 0.3) is 0 Å². The molecule has 1 amide bonds. The number of para-hydroxylation sites is 1. The smallest absolute Gasteiger partial charge is 0.237 e. The first-order valence-corrected chi connectivity index (χ1v) is 8.67. The van der Waals surface area contributed by atoms with Crippen molar-refractivity contribution >= 4 is 29.2 Å². The maximum Gasteiger partial charge on any atom is 0.237 e. The number of nitrogens with two attached hydrogens (primary N) is 1. The SMILES string of the molecule is Cc1cc(N)nc(SCC(=O)N2c3ccccc3CC[C@@H]2C)n1. The highest BCUT2D eigenvalue weighted by Crippen LogP contribution is 2.31. The van der Waals surface area contributed by atoms with Crippen molar-refractivity contribution in [2.45, 2.75) is 37.9 Å². The third kappa shape index (κ3) is 3.47. The Morgan fingerprint density at radius 3 is 2.96 bits per heavy atom. The first-order chi connectivity index (χ1) is 11.0. The molecule has 0 unspecified atom stereocenters. The van der Waals surface area contributed by atoms with Gasteiger partial charge in [-0.15, -0.1) is 0 Å². The lowest BCUT2D eigenvalue weighted by molar-refractivity contribution is -0.116. The van der Waals surface area contributed by atoms with Crippen LogP contribution in [0.2, 0.25) is 0 Å². The number of aryl methyl sites for hydroxylation is 2. The molecular weight excluding hydrogens is 308 g/mol. The summed E-state index contributed by atoms with van der Waals surface area (Å²) in [5.41, 5.74) is 8.81. The number of nitrogen functional groups attached to an aromatic ring is 1. The minimum Gasteiger partial charge on any atom is -0.384 e. The summed E-state index contributed by atoms with van der Waals surface area (Å²) in [5.74, 6) is 0.823. The molecule has 2 heterocycles. The average molecular weight is 328 g/mol. The Hall–Kier alpha value is -2.08. The number of hydrogen-bond donors (Lipinski definition) is 1. The van der Waals surface area contributed by atoms with Gasteiger partial charge in [0, 0.05) is 23.5 Å². The maximum atomic E-state index is 12.7. The highest BCUT2D eigenvalue weighted by molar-refractivity contribution is 7.99. The number of benzene rings is 1. The molecule has 23 heavy (non-hydrogen) atoms. The van der Waals surface area contributed by atoms with Gasteiger partial charge in [-0.1, -0.05) is 30.0 Å². The summed E-state index contributed by atoms with van der Waals surface area (Å²) < 4.78 is 0. The minimum absolute atomic E-state index is 0.0818. The van der Waals surface area contributed by atoms with E-state index < -0.39 is 0 Å². The molecule has 1 aromatic heterocycles. The zero-order valence-electron chi connectivity index (χ0n) is 13.3. The summed E-state index contributed by atoms with van der Waals surface area (Å²) in [4.78, 5) is 23.1. The number of nitrogens with zero attached hydrogens (tertiary/aromatic N) is 3.